The SMILES string of the molecule is C=CCOc1ccc(/C(O)=C2\C(=O)C(=O)N(Cc3cccnc3)C2c2cccc(Oc3ccccc3)c2)cc1C. The normalized spacial score (nSPS) is 16.1. The molecular formula is C33H28N2O5. The topological polar surface area (TPSA) is 89.0 Å². The number of pyridine rings is 1. The number of aliphatic hydroxyl groups excluding tert-OH is 1. The zero-order chi connectivity index (χ0) is 28.1. The molecule has 40 heavy (non-hydrogen) atoms. The van der Waals surface area contributed by atoms with Crippen LogP contribution in [0, 0.1) is 6.92 Å². The fourth-order valence-corrected chi connectivity index (χ4v) is 4.71. The van der Waals surface area contributed by atoms with Gasteiger partial charge in [0.25, 0.3) is 11.7 Å². The van der Waals surface area contributed by atoms with Crippen LogP contribution in [-0.2, 0) is 16.1 Å². The van der Waals surface area contributed by atoms with E-state index in [-0.39, 0.29) is 17.9 Å². The molecule has 7 nitrogen and oxygen atoms in total. The van der Waals surface area contributed by atoms with Crippen molar-refractivity contribution >= 4 is 17.4 Å². The van der Waals surface area contributed by atoms with Crippen molar-refractivity contribution in [3.63, 3.8) is 0 Å². The predicted octanol–water partition coefficient (Wildman–Crippen LogP) is 6.37. The largest absolute Gasteiger partial charge is 0.507 e. The molecule has 4 aromatic rings. The van der Waals surface area contributed by atoms with E-state index in [2.05, 4.69) is 11.6 Å². The molecule has 1 aromatic heterocycles. The standard InChI is InChI=1S/C33H28N2O5/c1-3-17-39-28-15-14-25(18-22(28)2)31(36)29-30(35(33(38)32(29)37)21-23-9-8-16-34-20-23)24-10-7-13-27(19-24)40-26-11-5-4-6-12-26/h3-16,18-20,30,36H,1,17,21H2,2H3/b31-29+. The van der Waals surface area contributed by atoms with Crippen LogP contribution in [0.5, 0.6) is 17.2 Å². The number of nitrogens with zero attached hydrogens (tertiary/aromatic N) is 2. The summed E-state index contributed by atoms with van der Waals surface area (Å²) in [5, 5.41) is 11.5. The molecule has 1 aliphatic heterocycles. The van der Waals surface area contributed by atoms with Crippen molar-refractivity contribution in [2.75, 3.05) is 6.61 Å². The first kappa shape index (κ1) is 26.4. The van der Waals surface area contributed by atoms with E-state index in [0.717, 1.165) is 11.1 Å². The Bertz CT molecular complexity index is 1580. The molecule has 1 unspecified atom stereocenters. The fraction of sp³-hybridized carbons (Fsp3) is 0.121. The van der Waals surface area contributed by atoms with Gasteiger partial charge in [0.1, 0.15) is 29.6 Å². The Morgan fingerprint density at radius 2 is 1.80 bits per heavy atom. The molecule has 1 amide bonds. The number of aryl methyl sites for hydroxylation is 1. The lowest BCUT2D eigenvalue weighted by atomic mass is 9.94. The van der Waals surface area contributed by atoms with Crippen LogP contribution in [0.4, 0.5) is 0 Å². The predicted molar refractivity (Wildman–Crippen MR) is 152 cm³/mol. The third-order valence-electron chi connectivity index (χ3n) is 6.57. The van der Waals surface area contributed by atoms with Gasteiger partial charge in [-0.2, -0.15) is 0 Å². The lowest BCUT2D eigenvalue weighted by Crippen LogP contribution is -2.29. The van der Waals surface area contributed by atoms with Gasteiger partial charge in [0.2, 0.25) is 0 Å². The Balaban J connectivity index is 1.60. The second kappa shape index (κ2) is 11.7. The van der Waals surface area contributed by atoms with Crippen LogP contribution in [0.15, 0.2) is 116 Å². The van der Waals surface area contributed by atoms with E-state index in [1.54, 1.807) is 60.9 Å². The summed E-state index contributed by atoms with van der Waals surface area (Å²) in [7, 11) is 0. The van der Waals surface area contributed by atoms with Crippen LogP contribution >= 0.6 is 0 Å². The van der Waals surface area contributed by atoms with E-state index in [1.165, 1.54) is 4.90 Å². The van der Waals surface area contributed by atoms with Crippen molar-refractivity contribution in [3.8, 4) is 17.2 Å². The minimum absolute atomic E-state index is 0.00455. The number of aliphatic hydroxyl groups is 1. The van der Waals surface area contributed by atoms with Gasteiger partial charge in [-0.25, -0.2) is 0 Å². The maximum absolute atomic E-state index is 13.5. The number of rotatable bonds is 9. The van der Waals surface area contributed by atoms with Gasteiger partial charge in [0.05, 0.1) is 11.6 Å². The Morgan fingerprint density at radius 3 is 2.52 bits per heavy atom. The number of benzene rings is 3. The van der Waals surface area contributed by atoms with E-state index in [0.29, 0.717) is 35.0 Å². The van der Waals surface area contributed by atoms with Gasteiger partial charge in [-0.3, -0.25) is 14.6 Å². The highest BCUT2D eigenvalue weighted by molar-refractivity contribution is 6.46. The molecule has 7 heteroatoms. The average Bonchev–Trinajstić information content (AvgIpc) is 3.22. The van der Waals surface area contributed by atoms with E-state index in [1.807, 2.05) is 49.4 Å². The molecule has 0 bridgehead atoms. The van der Waals surface area contributed by atoms with Crippen molar-refractivity contribution in [2.45, 2.75) is 19.5 Å². The molecular weight excluding hydrogens is 504 g/mol. The van der Waals surface area contributed by atoms with Gasteiger partial charge in [0, 0.05) is 24.5 Å². The summed E-state index contributed by atoms with van der Waals surface area (Å²) < 4.78 is 11.7. The van der Waals surface area contributed by atoms with Crippen molar-refractivity contribution in [1.29, 1.82) is 0 Å². The summed E-state index contributed by atoms with van der Waals surface area (Å²) in [6, 6.07) is 24.4. The molecule has 3 aromatic carbocycles. The zero-order valence-electron chi connectivity index (χ0n) is 22.0. The minimum atomic E-state index is -0.850. The number of hydrogen-bond acceptors (Lipinski definition) is 6. The van der Waals surface area contributed by atoms with E-state index in [4.69, 9.17) is 9.47 Å². The molecule has 2 heterocycles. The second-order valence-electron chi connectivity index (χ2n) is 9.36. The first-order valence-electron chi connectivity index (χ1n) is 12.8. The van der Waals surface area contributed by atoms with Crippen LogP contribution in [-0.4, -0.2) is 33.3 Å². The maximum Gasteiger partial charge on any atom is 0.295 e. The van der Waals surface area contributed by atoms with Gasteiger partial charge in [-0.05, 0) is 72.1 Å². The van der Waals surface area contributed by atoms with Gasteiger partial charge >= 0.3 is 0 Å². The van der Waals surface area contributed by atoms with Gasteiger partial charge in [-0.1, -0.05) is 49.1 Å². The second-order valence-corrected chi connectivity index (χ2v) is 9.36. The molecule has 5 rings (SSSR count). The Labute approximate surface area is 232 Å². The minimum Gasteiger partial charge on any atom is -0.507 e. The van der Waals surface area contributed by atoms with Crippen LogP contribution in [0.25, 0.3) is 5.76 Å². The highest BCUT2D eigenvalue weighted by atomic mass is 16.5. The lowest BCUT2D eigenvalue weighted by Gasteiger charge is -2.25. The molecule has 0 aliphatic carbocycles. The number of carbonyl (C=O) groups is 2. The molecule has 1 fully saturated rings. The first-order chi connectivity index (χ1) is 19.5. The first-order valence-corrected chi connectivity index (χ1v) is 12.8. The van der Waals surface area contributed by atoms with Crippen molar-refractivity contribution in [1.82, 2.24) is 9.88 Å². The van der Waals surface area contributed by atoms with E-state index in [9.17, 15) is 14.7 Å². The van der Waals surface area contributed by atoms with Crippen LogP contribution in [0.3, 0.4) is 0 Å². The quantitative estimate of drug-likeness (QED) is 0.117. The molecule has 1 aliphatic rings. The summed E-state index contributed by atoms with van der Waals surface area (Å²) in [5.74, 6) is 0.104. The molecule has 200 valence electrons. The van der Waals surface area contributed by atoms with E-state index < -0.39 is 17.7 Å². The third kappa shape index (κ3) is 5.49. The Kier molecular flexibility index (Phi) is 7.73. The molecule has 1 saturated heterocycles. The molecule has 1 atom stereocenters. The number of aromatic nitrogens is 1. The molecule has 0 radical (unpaired) electrons. The van der Waals surface area contributed by atoms with Gasteiger partial charge < -0.3 is 19.5 Å². The summed E-state index contributed by atoms with van der Waals surface area (Å²) >= 11 is 0. The van der Waals surface area contributed by atoms with Crippen molar-refractivity contribution in [3.05, 3.63) is 138 Å². The smallest absolute Gasteiger partial charge is 0.295 e. The van der Waals surface area contributed by atoms with E-state index >= 15 is 0 Å². The van der Waals surface area contributed by atoms with Gasteiger partial charge in [-0.15, -0.1) is 0 Å². The third-order valence-corrected chi connectivity index (χ3v) is 6.57. The number of amides is 1. The van der Waals surface area contributed by atoms with Crippen LogP contribution < -0.4 is 9.47 Å². The number of likely N-dealkylation sites (tertiary alicyclic amines) is 1. The Morgan fingerprint density at radius 1 is 1.00 bits per heavy atom. The summed E-state index contributed by atoms with van der Waals surface area (Å²) in [5.41, 5.74) is 2.56. The number of ether oxygens (including phenoxy) is 2. The molecule has 1 N–H and O–H groups in total. The average molecular weight is 533 g/mol. The van der Waals surface area contributed by atoms with Crippen LogP contribution in [0.1, 0.15) is 28.3 Å². The number of Topliss-reactive ketones (excluding diaryl/α,β-unsaturated/α-hetero) is 1. The maximum atomic E-state index is 13.5. The molecule has 0 saturated carbocycles. The number of para-hydroxylation sites is 1. The highest BCUT2D eigenvalue weighted by Crippen LogP contribution is 2.41. The zero-order valence-corrected chi connectivity index (χ0v) is 22.0. The monoisotopic (exact) mass is 532 g/mol. The van der Waals surface area contributed by atoms with Crippen molar-refractivity contribution < 1.29 is 24.2 Å². The van der Waals surface area contributed by atoms with Crippen molar-refractivity contribution in [2.24, 2.45) is 0 Å². The number of carbonyl (C=O) groups excluding carboxylic acids is 2. The molecule has 0 spiro atoms. The Hall–Kier alpha value is -5.17. The fourth-order valence-electron chi connectivity index (χ4n) is 4.71. The van der Waals surface area contributed by atoms with Crippen LogP contribution in [0.2, 0.25) is 0 Å². The van der Waals surface area contributed by atoms with Gasteiger partial charge in [0.15, 0.2) is 0 Å². The number of hydrogen-bond donors (Lipinski definition) is 1. The summed E-state index contributed by atoms with van der Waals surface area (Å²) in [4.78, 5) is 32.5. The number of ketones is 1. The summed E-state index contributed by atoms with van der Waals surface area (Å²) in [6.07, 6.45) is 4.94. The highest BCUT2D eigenvalue weighted by Gasteiger charge is 2.46. The lowest BCUT2D eigenvalue weighted by molar-refractivity contribution is -0.140. The summed E-state index contributed by atoms with van der Waals surface area (Å²) in [6.45, 7) is 5.98.